The Labute approximate surface area is 120 Å². The molecule has 5 nitrogen and oxygen atoms in total. The molecule has 1 aromatic carbocycles. The fourth-order valence-electron chi connectivity index (χ4n) is 1.55. The molecule has 0 aliphatic carbocycles. The van der Waals surface area contributed by atoms with Crippen LogP contribution in [0.4, 0.5) is 0 Å². The lowest BCUT2D eigenvalue weighted by molar-refractivity contribution is -0.120. The molecule has 20 heavy (non-hydrogen) atoms. The molecule has 1 aromatic heterocycles. The molecule has 0 atom stereocenters. The normalized spacial score (nSPS) is 10.1. The van der Waals surface area contributed by atoms with E-state index >= 15 is 0 Å². The van der Waals surface area contributed by atoms with E-state index in [9.17, 15) is 9.59 Å². The van der Waals surface area contributed by atoms with E-state index in [0.717, 1.165) is 5.56 Å². The fourth-order valence-corrected chi connectivity index (χ4v) is 1.76. The lowest BCUT2D eigenvalue weighted by Gasteiger charge is -2.07. The highest BCUT2D eigenvalue weighted by Gasteiger charge is 2.10. The van der Waals surface area contributed by atoms with Crippen LogP contribution in [0.1, 0.15) is 16.1 Å². The van der Waals surface area contributed by atoms with E-state index < -0.39 is 5.91 Å². The molecule has 0 bridgehead atoms. The number of halogens is 1. The van der Waals surface area contributed by atoms with Gasteiger partial charge in [0.15, 0.2) is 5.76 Å². The van der Waals surface area contributed by atoms with Crippen molar-refractivity contribution in [1.29, 1.82) is 0 Å². The van der Waals surface area contributed by atoms with Gasteiger partial charge in [0, 0.05) is 11.6 Å². The molecule has 0 saturated heterocycles. The highest BCUT2D eigenvalue weighted by atomic mass is 35.5. The SMILES string of the molecule is O=C(CNC(=O)c1ccco1)NCc1ccccc1Cl. The van der Waals surface area contributed by atoms with Gasteiger partial charge in [-0.15, -0.1) is 0 Å². The molecule has 0 unspecified atom stereocenters. The first-order valence-electron chi connectivity index (χ1n) is 5.98. The summed E-state index contributed by atoms with van der Waals surface area (Å²) in [5, 5.41) is 5.72. The predicted octanol–water partition coefficient (Wildman–Crippen LogP) is 1.98. The number of furan rings is 1. The number of hydrogen-bond acceptors (Lipinski definition) is 3. The lowest BCUT2D eigenvalue weighted by atomic mass is 10.2. The Morgan fingerprint density at radius 1 is 1.10 bits per heavy atom. The zero-order chi connectivity index (χ0) is 14.4. The second kappa shape index (κ2) is 6.77. The van der Waals surface area contributed by atoms with E-state index in [1.165, 1.54) is 12.3 Å². The van der Waals surface area contributed by atoms with Crippen molar-refractivity contribution in [1.82, 2.24) is 10.6 Å². The number of rotatable bonds is 5. The number of carbonyl (C=O) groups is 2. The first-order chi connectivity index (χ1) is 9.66. The summed E-state index contributed by atoms with van der Waals surface area (Å²) in [5.74, 6) is -0.559. The maximum absolute atomic E-state index is 11.6. The summed E-state index contributed by atoms with van der Waals surface area (Å²) < 4.78 is 4.91. The van der Waals surface area contributed by atoms with E-state index in [-0.39, 0.29) is 18.2 Å². The molecule has 0 saturated carbocycles. The van der Waals surface area contributed by atoms with E-state index in [1.54, 1.807) is 12.1 Å². The third-order valence-corrected chi connectivity index (χ3v) is 2.96. The van der Waals surface area contributed by atoms with Crippen molar-refractivity contribution in [3.05, 3.63) is 59.0 Å². The Hall–Kier alpha value is -2.27. The summed E-state index contributed by atoms with van der Waals surface area (Å²) in [7, 11) is 0. The van der Waals surface area contributed by atoms with Gasteiger partial charge in [-0.1, -0.05) is 29.8 Å². The van der Waals surface area contributed by atoms with Crippen LogP contribution < -0.4 is 10.6 Å². The third kappa shape index (κ3) is 3.86. The van der Waals surface area contributed by atoms with Crippen molar-refractivity contribution in [2.45, 2.75) is 6.54 Å². The van der Waals surface area contributed by atoms with Gasteiger partial charge in [-0.3, -0.25) is 9.59 Å². The summed E-state index contributed by atoms with van der Waals surface area (Å²) in [6, 6.07) is 10.4. The van der Waals surface area contributed by atoms with Crippen molar-refractivity contribution < 1.29 is 14.0 Å². The van der Waals surface area contributed by atoms with Crippen molar-refractivity contribution in [3.63, 3.8) is 0 Å². The van der Waals surface area contributed by atoms with Crippen LogP contribution in [0.2, 0.25) is 5.02 Å². The van der Waals surface area contributed by atoms with Gasteiger partial charge < -0.3 is 15.1 Å². The maximum atomic E-state index is 11.6. The number of amides is 2. The Bertz CT molecular complexity index is 596. The van der Waals surface area contributed by atoms with Crippen LogP contribution in [-0.2, 0) is 11.3 Å². The molecule has 1 heterocycles. The highest BCUT2D eigenvalue weighted by Crippen LogP contribution is 2.14. The first kappa shape index (κ1) is 14.1. The van der Waals surface area contributed by atoms with E-state index in [0.29, 0.717) is 11.6 Å². The standard InChI is InChI=1S/C14H13ClN2O3/c15-11-5-2-1-4-10(11)8-16-13(18)9-17-14(19)12-6-3-7-20-12/h1-7H,8-9H2,(H,16,18)(H,17,19). The molecule has 0 aliphatic heterocycles. The average Bonchev–Trinajstić information content (AvgIpc) is 2.98. The highest BCUT2D eigenvalue weighted by molar-refractivity contribution is 6.31. The van der Waals surface area contributed by atoms with Crippen molar-refractivity contribution in [2.75, 3.05) is 6.54 Å². The lowest BCUT2D eigenvalue weighted by Crippen LogP contribution is -2.36. The largest absolute Gasteiger partial charge is 0.459 e. The van der Waals surface area contributed by atoms with Crippen LogP contribution in [0.3, 0.4) is 0 Å². The minimum absolute atomic E-state index is 0.121. The topological polar surface area (TPSA) is 71.3 Å². The van der Waals surface area contributed by atoms with Gasteiger partial charge in [0.1, 0.15) is 0 Å². The summed E-state index contributed by atoms with van der Waals surface area (Å²) >= 11 is 5.97. The molecule has 104 valence electrons. The minimum Gasteiger partial charge on any atom is -0.459 e. The average molecular weight is 293 g/mol. The number of benzene rings is 1. The molecular formula is C14H13ClN2O3. The van der Waals surface area contributed by atoms with Crippen LogP contribution in [0.5, 0.6) is 0 Å². The maximum Gasteiger partial charge on any atom is 0.287 e. The monoisotopic (exact) mass is 292 g/mol. The Morgan fingerprint density at radius 2 is 1.90 bits per heavy atom. The smallest absolute Gasteiger partial charge is 0.287 e. The summed E-state index contributed by atoms with van der Waals surface area (Å²) in [4.78, 5) is 23.1. The third-order valence-electron chi connectivity index (χ3n) is 2.59. The molecule has 2 amide bonds. The number of hydrogen-bond donors (Lipinski definition) is 2. The zero-order valence-corrected chi connectivity index (χ0v) is 11.3. The van der Waals surface area contributed by atoms with Crippen molar-refractivity contribution >= 4 is 23.4 Å². The molecule has 6 heteroatoms. The number of carbonyl (C=O) groups excluding carboxylic acids is 2. The molecule has 2 N–H and O–H groups in total. The van der Waals surface area contributed by atoms with Crippen molar-refractivity contribution in [2.24, 2.45) is 0 Å². The predicted molar refractivity (Wildman–Crippen MR) is 74.3 cm³/mol. The number of nitrogens with one attached hydrogen (secondary N) is 2. The minimum atomic E-state index is -0.428. The second-order valence-corrected chi connectivity index (χ2v) is 4.44. The first-order valence-corrected chi connectivity index (χ1v) is 6.36. The van der Waals surface area contributed by atoms with E-state index in [4.69, 9.17) is 16.0 Å². The zero-order valence-electron chi connectivity index (χ0n) is 10.6. The molecular weight excluding hydrogens is 280 g/mol. The van der Waals surface area contributed by atoms with Crippen LogP contribution in [-0.4, -0.2) is 18.4 Å². The summed E-state index contributed by atoms with van der Waals surface area (Å²) in [6.45, 7) is 0.194. The Kier molecular flexibility index (Phi) is 4.79. The van der Waals surface area contributed by atoms with Gasteiger partial charge >= 0.3 is 0 Å². The van der Waals surface area contributed by atoms with Crippen LogP contribution in [0.25, 0.3) is 0 Å². The fraction of sp³-hybridized carbons (Fsp3) is 0.143. The van der Waals surface area contributed by atoms with Gasteiger partial charge in [-0.25, -0.2) is 0 Å². The molecule has 0 aliphatic rings. The van der Waals surface area contributed by atoms with Crippen LogP contribution in [0.15, 0.2) is 47.1 Å². The Balaban J connectivity index is 1.76. The second-order valence-electron chi connectivity index (χ2n) is 4.03. The molecule has 2 rings (SSSR count). The molecule has 0 spiro atoms. The van der Waals surface area contributed by atoms with Gasteiger partial charge in [0.2, 0.25) is 5.91 Å². The van der Waals surface area contributed by atoms with Gasteiger partial charge in [-0.2, -0.15) is 0 Å². The van der Waals surface area contributed by atoms with Gasteiger partial charge in [-0.05, 0) is 23.8 Å². The molecule has 0 radical (unpaired) electrons. The van der Waals surface area contributed by atoms with Gasteiger partial charge in [0.25, 0.3) is 5.91 Å². The summed E-state index contributed by atoms with van der Waals surface area (Å²) in [6.07, 6.45) is 1.40. The van der Waals surface area contributed by atoms with Crippen LogP contribution >= 0.6 is 11.6 Å². The quantitative estimate of drug-likeness (QED) is 0.885. The Morgan fingerprint density at radius 3 is 2.60 bits per heavy atom. The summed E-state index contributed by atoms with van der Waals surface area (Å²) in [5.41, 5.74) is 0.819. The van der Waals surface area contributed by atoms with Crippen LogP contribution in [0, 0.1) is 0 Å². The van der Waals surface area contributed by atoms with Gasteiger partial charge in [0.05, 0.1) is 12.8 Å². The van der Waals surface area contributed by atoms with E-state index in [2.05, 4.69) is 10.6 Å². The van der Waals surface area contributed by atoms with E-state index in [1.807, 2.05) is 18.2 Å². The molecule has 0 fully saturated rings. The van der Waals surface area contributed by atoms with Crippen molar-refractivity contribution in [3.8, 4) is 0 Å². The molecule has 2 aromatic rings.